The monoisotopic (exact) mass is 350 g/mol. The maximum Gasteiger partial charge on any atom is 0.280 e. The van der Waals surface area contributed by atoms with E-state index in [0.717, 1.165) is 5.56 Å². The normalized spacial score (nSPS) is 14.8. The fraction of sp³-hybridized carbons (Fsp3) is 0.350. The van der Waals surface area contributed by atoms with Gasteiger partial charge in [0, 0.05) is 23.0 Å². The third kappa shape index (κ3) is 3.94. The van der Waals surface area contributed by atoms with Crippen molar-refractivity contribution in [3.63, 3.8) is 0 Å². The van der Waals surface area contributed by atoms with Crippen molar-refractivity contribution in [3.8, 4) is 11.8 Å². The SMILES string of the molecule is Cc1cc(/C=N/NC(=O)C(C)Oc2ccc(C#N)cc2)c(C)n1C1CC1. The highest BCUT2D eigenvalue weighted by molar-refractivity contribution is 5.85. The van der Waals surface area contributed by atoms with Gasteiger partial charge in [0.1, 0.15) is 5.75 Å². The number of ether oxygens (including phenoxy) is 1. The van der Waals surface area contributed by atoms with Crippen LogP contribution in [0.2, 0.25) is 0 Å². The molecule has 6 heteroatoms. The molecule has 0 aliphatic heterocycles. The van der Waals surface area contributed by atoms with Gasteiger partial charge in [-0.05, 0) is 63.9 Å². The van der Waals surface area contributed by atoms with Crippen LogP contribution in [0.25, 0.3) is 0 Å². The fourth-order valence-corrected chi connectivity index (χ4v) is 2.95. The number of hydrazone groups is 1. The zero-order valence-electron chi connectivity index (χ0n) is 15.2. The van der Waals surface area contributed by atoms with Gasteiger partial charge < -0.3 is 9.30 Å². The summed E-state index contributed by atoms with van der Waals surface area (Å²) in [6.07, 6.45) is 3.44. The molecule has 0 spiro atoms. The van der Waals surface area contributed by atoms with Crippen molar-refractivity contribution >= 4 is 12.1 Å². The first-order chi connectivity index (χ1) is 12.5. The molecule has 1 unspecified atom stereocenters. The molecular weight excluding hydrogens is 328 g/mol. The summed E-state index contributed by atoms with van der Waals surface area (Å²) >= 11 is 0. The molecule has 1 N–H and O–H groups in total. The number of aromatic nitrogens is 1. The molecule has 1 fully saturated rings. The van der Waals surface area contributed by atoms with Gasteiger partial charge >= 0.3 is 0 Å². The molecule has 26 heavy (non-hydrogen) atoms. The number of aryl methyl sites for hydroxylation is 1. The van der Waals surface area contributed by atoms with Gasteiger partial charge in [-0.15, -0.1) is 0 Å². The summed E-state index contributed by atoms with van der Waals surface area (Å²) < 4.78 is 7.90. The third-order valence-corrected chi connectivity index (χ3v) is 4.48. The molecule has 1 heterocycles. The van der Waals surface area contributed by atoms with E-state index in [9.17, 15) is 4.79 Å². The maximum absolute atomic E-state index is 12.1. The molecule has 3 rings (SSSR count). The van der Waals surface area contributed by atoms with Gasteiger partial charge in [-0.2, -0.15) is 10.4 Å². The Hall–Kier alpha value is -3.07. The Morgan fingerprint density at radius 3 is 2.69 bits per heavy atom. The average Bonchev–Trinajstić information content (AvgIpc) is 3.42. The highest BCUT2D eigenvalue weighted by atomic mass is 16.5. The lowest BCUT2D eigenvalue weighted by atomic mass is 10.2. The molecule has 1 aliphatic carbocycles. The van der Waals surface area contributed by atoms with E-state index in [0.29, 0.717) is 17.4 Å². The Morgan fingerprint density at radius 1 is 1.38 bits per heavy atom. The lowest BCUT2D eigenvalue weighted by Gasteiger charge is -2.12. The molecule has 1 aliphatic rings. The largest absolute Gasteiger partial charge is 0.481 e. The fourth-order valence-electron chi connectivity index (χ4n) is 2.95. The number of benzene rings is 1. The second-order valence-electron chi connectivity index (χ2n) is 6.56. The van der Waals surface area contributed by atoms with Gasteiger partial charge in [0.05, 0.1) is 17.8 Å². The van der Waals surface area contributed by atoms with Crippen LogP contribution in [0, 0.1) is 25.2 Å². The van der Waals surface area contributed by atoms with Crippen molar-refractivity contribution < 1.29 is 9.53 Å². The smallest absolute Gasteiger partial charge is 0.280 e. The molecule has 134 valence electrons. The van der Waals surface area contributed by atoms with Crippen LogP contribution in [0.5, 0.6) is 5.75 Å². The van der Waals surface area contributed by atoms with E-state index in [-0.39, 0.29) is 5.91 Å². The molecule has 1 aromatic carbocycles. The highest BCUT2D eigenvalue weighted by Crippen LogP contribution is 2.38. The van der Waals surface area contributed by atoms with Gasteiger partial charge in [-0.1, -0.05) is 0 Å². The summed E-state index contributed by atoms with van der Waals surface area (Å²) in [5.41, 5.74) is 6.46. The first kappa shape index (κ1) is 17.7. The summed E-state index contributed by atoms with van der Waals surface area (Å²) in [5.74, 6) is 0.199. The van der Waals surface area contributed by atoms with Gasteiger partial charge in [-0.3, -0.25) is 4.79 Å². The van der Waals surface area contributed by atoms with Crippen LogP contribution in [-0.2, 0) is 4.79 Å². The Bertz CT molecular complexity index is 870. The zero-order valence-corrected chi connectivity index (χ0v) is 15.2. The first-order valence-corrected chi connectivity index (χ1v) is 8.67. The number of carbonyl (C=O) groups excluding carboxylic acids is 1. The quantitative estimate of drug-likeness (QED) is 0.642. The average molecular weight is 350 g/mol. The van der Waals surface area contributed by atoms with Crippen LogP contribution < -0.4 is 10.2 Å². The van der Waals surface area contributed by atoms with Gasteiger partial charge in [0.2, 0.25) is 0 Å². The van der Waals surface area contributed by atoms with Crippen molar-refractivity contribution in [3.05, 3.63) is 52.8 Å². The Kier molecular flexibility index (Phi) is 5.08. The molecule has 0 bridgehead atoms. The highest BCUT2D eigenvalue weighted by Gasteiger charge is 2.26. The predicted molar refractivity (Wildman–Crippen MR) is 99.2 cm³/mol. The summed E-state index contributed by atoms with van der Waals surface area (Å²) in [4.78, 5) is 12.1. The van der Waals surface area contributed by atoms with Crippen LogP contribution in [0.4, 0.5) is 0 Å². The number of nitrogens with one attached hydrogen (secondary N) is 1. The van der Waals surface area contributed by atoms with Crippen LogP contribution >= 0.6 is 0 Å². The number of rotatable bonds is 6. The summed E-state index contributed by atoms with van der Waals surface area (Å²) in [5, 5.41) is 12.9. The molecule has 1 atom stereocenters. The molecule has 1 saturated carbocycles. The molecule has 0 saturated heterocycles. The molecular formula is C20H22N4O2. The molecule has 2 aromatic rings. The van der Waals surface area contributed by atoms with Crippen molar-refractivity contribution in [1.29, 1.82) is 5.26 Å². The molecule has 0 radical (unpaired) electrons. The minimum Gasteiger partial charge on any atom is -0.481 e. The van der Waals surface area contributed by atoms with Crippen LogP contribution in [0.3, 0.4) is 0 Å². The number of hydrogen-bond donors (Lipinski definition) is 1. The minimum atomic E-state index is -0.695. The van der Waals surface area contributed by atoms with E-state index in [1.54, 1.807) is 37.4 Å². The summed E-state index contributed by atoms with van der Waals surface area (Å²) in [6.45, 7) is 5.82. The van der Waals surface area contributed by atoms with E-state index in [1.165, 1.54) is 24.2 Å². The number of nitriles is 1. The van der Waals surface area contributed by atoms with Crippen LogP contribution in [0.15, 0.2) is 35.4 Å². The Labute approximate surface area is 153 Å². The summed E-state index contributed by atoms with van der Waals surface area (Å²) in [7, 11) is 0. The third-order valence-electron chi connectivity index (χ3n) is 4.48. The Balaban J connectivity index is 1.56. The number of carbonyl (C=O) groups is 1. The maximum atomic E-state index is 12.1. The first-order valence-electron chi connectivity index (χ1n) is 8.67. The van der Waals surface area contributed by atoms with E-state index >= 15 is 0 Å². The lowest BCUT2D eigenvalue weighted by molar-refractivity contribution is -0.127. The van der Waals surface area contributed by atoms with Crippen molar-refractivity contribution in [2.45, 2.75) is 45.8 Å². The van der Waals surface area contributed by atoms with Gasteiger partial charge in [0.25, 0.3) is 5.91 Å². The lowest BCUT2D eigenvalue weighted by Crippen LogP contribution is -2.33. The molecule has 1 aromatic heterocycles. The predicted octanol–water partition coefficient (Wildman–Crippen LogP) is 3.23. The van der Waals surface area contributed by atoms with E-state index in [2.05, 4.69) is 35.0 Å². The van der Waals surface area contributed by atoms with Crippen LogP contribution in [0.1, 0.15) is 48.3 Å². The minimum absolute atomic E-state index is 0.332. The van der Waals surface area contributed by atoms with Gasteiger partial charge in [-0.25, -0.2) is 5.43 Å². The second-order valence-corrected chi connectivity index (χ2v) is 6.56. The van der Waals surface area contributed by atoms with Gasteiger partial charge in [0.15, 0.2) is 6.10 Å². The topological polar surface area (TPSA) is 79.4 Å². The van der Waals surface area contributed by atoms with Crippen molar-refractivity contribution in [2.75, 3.05) is 0 Å². The van der Waals surface area contributed by atoms with Crippen molar-refractivity contribution in [1.82, 2.24) is 9.99 Å². The standard InChI is InChI=1S/C20H22N4O2/c1-13-10-17(14(2)24(13)18-6-7-18)12-22-23-20(25)15(3)26-19-8-4-16(11-21)5-9-19/h4-5,8-10,12,15,18H,6-7H2,1-3H3,(H,23,25)/b22-12+. The number of nitrogens with zero attached hydrogens (tertiary/aromatic N) is 3. The van der Waals surface area contributed by atoms with Crippen LogP contribution in [-0.4, -0.2) is 22.8 Å². The van der Waals surface area contributed by atoms with Crippen molar-refractivity contribution in [2.24, 2.45) is 5.10 Å². The molecule has 6 nitrogen and oxygen atoms in total. The molecule has 1 amide bonds. The Morgan fingerprint density at radius 2 is 2.08 bits per heavy atom. The van der Waals surface area contributed by atoms with E-state index in [1.807, 2.05) is 6.07 Å². The van der Waals surface area contributed by atoms with E-state index in [4.69, 9.17) is 10.00 Å². The zero-order chi connectivity index (χ0) is 18.7. The number of hydrogen-bond acceptors (Lipinski definition) is 4. The second kappa shape index (κ2) is 7.44. The van der Waals surface area contributed by atoms with E-state index < -0.39 is 6.10 Å². The number of amides is 1. The summed E-state index contributed by atoms with van der Waals surface area (Å²) in [6, 6.07) is 11.4.